The molecule has 33 heavy (non-hydrogen) atoms. The SMILES string of the molecule is CC(C)n1nc(-c2cnc(N)c(C(F)(F)F)c2)cc1C1C2CC(N(C)CCS(C)(=O)=O)CC21. The topological polar surface area (TPSA) is 94.1 Å². The van der Waals surface area contributed by atoms with E-state index in [0.29, 0.717) is 41.6 Å². The maximum absolute atomic E-state index is 13.3. The first-order valence-corrected chi connectivity index (χ1v) is 13.1. The third-order valence-corrected chi connectivity index (χ3v) is 7.90. The predicted octanol–water partition coefficient (Wildman–Crippen LogP) is 3.60. The molecule has 2 aliphatic rings. The Hall–Kier alpha value is -2.14. The normalized spacial score (nSPS) is 25.1. The van der Waals surface area contributed by atoms with Gasteiger partial charge in [-0.1, -0.05) is 0 Å². The summed E-state index contributed by atoms with van der Waals surface area (Å²) in [4.78, 5) is 5.88. The van der Waals surface area contributed by atoms with Crippen LogP contribution in [0.4, 0.5) is 19.0 Å². The molecule has 0 aliphatic heterocycles. The average molecular weight is 486 g/mol. The van der Waals surface area contributed by atoms with Gasteiger partial charge in [-0.2, -0.15) is 18.3 Å². The van der Waals surface area contributed by atoms with Crippen LogP contribution in [0.3, 0.4) is 0 Å². The van der Waals surface area contributed by atoms with Gasteiger partial charge in [0.05, 0.1) is 17.0 Å². The molecule has 11 heteroatoms. The first-order valence-electron chi connectivity index (χ1n) is 11.1. The van der Waals surface area contributed by atoms with Gasteiger partial charge < -0.3 is 10.6 Å². The smallest absolute Gasteiger partial charge is 0.383 e. The molecule has 2 N–H and O–H groups in total. The fraction of sp³-hybridized carbons (Fsp3) is 0.636. The van der Waals surface area contributed by atoms with Crippen LogP contribution in [0.15, 0.2) is 18.3 Å². The number of nitrogens with zero attached hydrogens (tertiary/aromatic N) is 4. The summed E-state index contributed by atoms with van der Waals surface area (Å²) in [7, 11) is -1.02. The van der Waals surface area contributed by atoms with E-state index in [2.05, 4.69) is 15.0 Å². The highest BCUT2D eigenvalue weighted by molar-refractivity contribution is 7.90. The van der Waals surface area contributed by atoms with E-state index in [1.807, 2.05) is 31.6 Å². The van der Waals surface area contributed by atoms with Gasteiger partial charge in [0, 0.05) is 48.3 Å². The lowest BCUT2D eigenvalue weighted by molar-refractivity contribution is -0.137. The number of pyridine rings is 1. The first-order chi connectivity index (χ1) is 15.3. The van der Waals surface area contributed by atoms with Crippen LogP contribution in [0.2, 0.25) is 0 Å². The summed E-state index contributed by atoms with van der Waals surface area (Å²) in [6, 6.07) is 3.31. The molecule has 2 heterocycles. The summed E-state index contributed by atoms with van der Waals surface area (Å²) in [5, 5.41) is 4.62. The van der Waals surface area contributed by atoms with Crippen molar-refractivity contribution < 1.29 is 21.6 Å². The second kappa shape index (κ2) is 8.26. The summed E-state index contributed by atoms with van der Waals surface area (Å²) >= 11 is 0. The van der Waals surface area contributed by atoms with Crippen molar-refractivity contribution in [2.24, 2.45) is 11.8 Å². The molecule has 2 aromatic rings. The molecule has 2 unspecified atom stereocenters. The molecule has 0 bridgehead atoms. The number of hydrogen-bond donors (Lipinski definition) is 1. The van der Waals surface area contributed by atoms with Crippen LogP contribution in [0.5, 0.6) is 0 Å². The van der Waals surface area contributed by atoms with Crippen LogP contribution in [0, 0.1) is 11.8 Å². The number of rotatable bonds is 7. The monoisotopic (exact) mass is 485 g/mol. The van der Waals surface area contributed by atoms with E-state index in [0.717, 1.165) is 24.6 Å². The van der Waals surface area contributed by atoms with Crippen LogP contribution < -0.4 is 5.73 Å². The minimum atomic E-state index is -4.58. The Bertz CT molecular complexity index is 1130. The number of aromatic nitrogens is 3. The van der Waals surface area contributed by atoms with Crippen molar-refractivity contribution in [2.75, 3.05) is 31.3 Å². The van der Waals surface area contributed by atoms with Crippen molar-refractivity contribution >= 4 is 15.7 Å². The van der Waals surface area contributed by atoms with E-state index < -0.39 is 27.4 Å². The number of hydrogen-bond acceptors (Lipinski definition) is 6. The number of nitrogen functional groups attached to an aromatic ring is 1. The summed E-state index contributed by atoms with van der Waals surface area (Å²) in [6.45, 7) is 4.53. The molecule has 2 fully saturated rings. The van der Waals surface area contributed by atoms with Crippen molar-refractivity contribution in [2.45, 2.75) is 50.9 Å². The van der Waals surface area contributed by atoms with Crippen LogP contribution in [0.25, 0.3) is 11.3 Å². The van der Waals surface area contributed by atoms with Crippen molar-refractivity contribution in [1.29, 1.82) is 0 Å². The summed E-state index contributed by atoms with van der Waals surface area (Å²) in [5.41, 5.74) is 6.29. The number of sulfone groups is 1. The highest BCUT2D eigenvalue weighted by Crippen LogP contribution is 2.64. The van der Waals surface area contributed by atoms with E-state index in [9.17, 15) is 21.6 Å². The Kier molecular flexibility index (Phi) is 6.01. The summed E-state index contributed by atoms with van der Waals surface area (Å²) < 4.78 is 64.7. The number of anilines is 1. The zero-order chi connectivity index (χ0) is 24.3. The quantitative estimate of drug-likeness (QED) is 0.644. The molecule has 2 aliphatic carbocycles. The maximum atomic E-state index is 13.3. The molecule has 0 radical (unpaired) electrons. The fourth-order valence-electron chi connectivity index (χ4n) is 5.16. The van der Waals surface area contributed by atoms with E-state index >= 15 is 0 Å². The Balaban J connectivity index is 1.53. The molecule has 0 amide bonds. The average Bonchev–Trinajstić information content (AvgIpc) is 3.07. The van der Waals surface area contributed by atoms with Crippen molar-refractivity contribution in [3.8, 4) is 11.3 Å². The summed E-state index contributed by atoms with van der Waals surface area (Å²) in [5.74, 6) is 0.883. The van der Waals surface area contributed by atoms with Gasteiger partial charge in [0.25, 0.3) is 0 Å². The van der Waals surface area contributed by atoms with Crippen molar-refractivity contribution in [1.82, 2.24) is 19.7 Å². The molecule has 0 aromatic carbocycles. The van der Waals surface area contributed by atoms with E-state index in [1.165, 1.54) is 12.5 Å². The third kappa shape index (κ3) is 4.89. The lowest BCUT2D eigenvalue weighted by atomic mass is 10.0. The Labute approximate surface area is 192 Å². The van der Waals surface area contributed by atoms with Gasteiger partial charge in [0.15, 0.2) is 0 Å². The van der Waals surface area contributed by atoms with Gasteiger partial charge in [-0.05, 0) is 57.7 Å². The van der Waals surface area contributed by atoms with Crippen LogP contribution in [0.1, 0.15) is 49.9 Å². The summed E-state index contributed by atoms with van der Waals surface area (Å²) in [6.07, 6.45) is -0.0301. The molecular formula is C22H30F3N5O2S. The molecule has 2 saturated carbocycles. The van der Waals surface area contributed by atoms with Gasteiger partial charge in [-0.15, -0.1) is 0 Å². The molecule has 2 aromatic heterocycles. The van der Waals surface area contributed by atoms with Gasteiger partial charge in [0.2, 0.25) is 0 Å². The van der Waals surface area contributed by atoms with E-state index in [1.54, 1.807) is 0 Å². The fourth-order valence-corrected chi connectivity index (χ4v) is 5.78. The molecule has 7 nitrogen and oxygen atoms in total. The second-order valence-corrected chi connectivity index (χ2v) is 12.0. The highest BCUT2D eigenvalue weighted by atomic mass is 32.2. The molecule has 2 atom stereocenters. The molecular weight excluding hydrogens is 455 g/mol. The Morgan fingerprint density at radius 1 is 1.24 bits per heavy atom. The van der Waals surface area contributed by atoms with Crippen molar-refractivity contribution in [3.63, 3.8) is 0 Å². The first kappa shape index (κ1) is 24.0. The number of alkyl halides is 3. The zero-order valence-corrected chi connectivity index (χ0v) is 20.0. The van der Waals surface area contributed by atoms with Gasteiger partial charge in [-0.25, -0.2) is 13.4 Å². The number of fused-ring (bicyclic) bond motifs is 1. The van der Waals surface area contributed by atoms with Crippen molar-refractivity contribution in [3.05, 3.63) is 29.6 Å². The van der Waals surface area contributed by atoms with Gasteiger partial charge in [-0.3, -0.25) is 4.68 Å². The lowest BCUT2D eigenvalue weighted by Crippen LogP contribution is -2.34. The lowest BCUT2D eigenvalue weighted by Gasteiger charge is -2.26. The van der Waals surface area contributed by atoms with Crippen LogP contribution >= 0.6 is 0 Å². The van der Waals surface area contributed by atoms with Gasteiger partial charge >= 0.3 is 6.18 Å². The van der Waals surface area contributed by atoms with Crippen LogP contribution in [-0.4, -0.2) is 59.7 Å². The minimum absolute atomic E-state index is 0.0622. The number of nitrogens with two attached hydrogens (primary N) is 1. The number of halogens is 3. The second-order valence-electron chi connectivity index (χ2n) is 9.74. The predicted molar refractivity (Wildman–Crippen MR) is 120 cm³/mol. The van der Waals surface area contributed by atoms with Gasteiger partial charge in [0.1, 0.15) is 15.7 Å². The third-order valence-electron chi connectivity index (χ3n) is 6.97. The van der Waals surface area contributed by atoms with Crippen LogP contribution in [-0.2, 0) is 16.0 Å². The zero-order valence-electron chi connectivity index (χ0n) is 19.2. The Morgan fingerprint density at radius 3 is 2.42 bits per heavy atom. The maximum Gasteiger partial charge on any atom is 0.419 e. The highest BCUT2D eigenvalue weighted by Gasteiger charge is 2.58. The molecule has 4 rings (SSSR count). The minimum Gasteiger partial charge on any atom is -0.383 e. The molecule has 0 spiro atoms. The largest absolute Gasteiger partial charge is 0.419 e. The Morgan fingerprint density at radius 2 is 1.88 bits per heavy atom. The standard InChI is InChI=1S/C22H30F3N5O2S/c1-12(2)30-19(10-18(28-30)13-7-17(22(23,24)25)21(26)27-11-13)20-15-8-14(9-16(15)20)29(3)5-6-33(4,31)32/h7,10-12,14-16,20H,5-6,8-9H2,1-4H3,(H2,26,27). The van der Waals surface area contributed by atoms with E-state index in [4.69, 9.17) is 5.73 Å². The molecule has 182 valence electrons. The molecule has 0 saturated heterocycles. The van der Waals surface area contributed by atoms with E-state index in [-0.39, 0.29) is 11.8 Å².